The molecule has 1 aliphatic rings. The molecule has 8 heteroatoms. The van der Waals surface area contributed by atoms with Gasteiger partial charge in [-0.15, -0.1) is 0 Å². The van der Waals surface area contributed by atoms with Crippen molar-refractivity contribution in [1.82, 2.24) is 4.72 Å². The number of fused-ring (bicyclic) bond motifs is 1. The second kappa shape index (κ2) is 7.36. The minimum atomic E-state index is -3.76. The third-order valence-corrected chi connectivity index (χ3v) is 6.23. The van der Waals surface area contributed by atoms with Crippen molar-refractivity contribution in [3.8, 4) is 0 Å². The number of carbonyl (C=O) groups is 1. The first kappa shape index (κ1) is 18.8. The van der Waals surface area contributed by atoms with E-state index < -0.39 is 28.1 Å². The molecule has 0 radical (unpaired) electrons. The van der Waals surface area contributed by atoms with Gasteiger partial charge in [-0.25, -0.2) is 17.9 Å². The molecule has 3 rings (SSSR count). The fraction of sp³-hybridized carbons (Fsp3) is 0.278. The molecule has 2 atom stereocenters. The Hall–Kier alpha value is -1.93. The molecule has 0 aromatic heterocycles. The number of carboxylic acid groups (broad SMARTS) is 1. The average Bonchev–Trinajstić information content (AvgIpc) is 2.61. The average molecular weight is 396 g/mol. The molecule has 0 saturated carbocycles. The van der Waals surface area contributed by atoms with E-state index in [0.29, 0.717) is 41.0 Å². The number of aliphatic carboxylic acids is 1. The predicted octanol–water partition coefficient (Wildman–Crippen LogP) is 2.81. The lowest BCUT2D eigenvalue weighted by atomic mass is 9.84. The zero-order valence-electron chi connectivity index (χ0n) is 13.7. The maximum Gasteiger partial charge on any atom is 0.337 e. The van der Waals surface area contributed by atoms with Crippen molar-refractivity contribution in [3.63, 3.8) is 0 Å². The Labute approximate surface area is 156 Å². The molecule has 0 saturated heterocycles. The number of halogens is 1. The highest BCUT2D eigenvalue weighted by Gasteiger charge is 2.29. The van der Waals surface area contributed by atoms with E-state index in [9.17, 15) is 18.3 Å². The number of carboxylic acids is 1. The van der Waals surface area contributed by atoms with Gasteiger partial charge in [-0.05, 0) is 60.2 Å². The highest BCUT2D eigenvalue weighted by Crippen LogP contribution is 2.35. The molecule has 0 aliphatic heterocycles. The monoisotopic (exact) mass is 395 g/mol. The van der Waals surface area contributed by atoms with E-state index >= 15 is 0 Å². The molecule has 2 aromatic carbocycles. The summed E-state index contributed by atoms with van der Waals surface area (Å²) in [4.78, 5) is 11.2. The van der Waals surface area contributed by atoms with Gasteiger partial charge in [0.2, 0.25) is 10.0 Å². The fourth-order valence-corrected chi connectivity index (χ4v) is 4.63. The number of benzene rings is 2. The van der Waals surface area contributed by atoms with Crippen LogP contribution in [0.3, 0.4) is 0 Å². The van der Waals surface area contributed by atoms with Crippen molar-refractivity contribution in [2.45, 2.75) is 36.3 Å². The van der Waals surface area contributed by atoms with Gasteiger partial charge in [-0.1, -0.05) is 29.8 Å². The second-order valence-electron chi connectivity index (χ2n) is 6.18. The molecule has 0 heterocycles. The Morgan fingerprint density at radius 1 is 1.19 bits per heavy atom. The predicted molar refractivity (Wildman–Crippen MR) is 96.5 cm³/mol. The fourth-order valence-electron chi connectivity index (χ4n) is 3.26. The molecule has 0 bridgehead atoms. The van der Waals surface area contributed by atoms with Gasteiger partial charge >= 0.3 is 5.97 Å². The summed E-state index contributed by atoms with van der Waals surface area (Å²) in [6.45, 7) is 0. The van der Waals surface area contributed by atoms with Crippen LogP contribution in [0, 0.1) is 0 Å². The standard InChI is InChI=1S/C18H18ClNO5S/c19-11-7-9-12(10-8-11)26(24,25)20-16-6-2-3-13-14(16)4-1-5-15(13)17(21)18(22)23/h1,4-5,7-10,16-17,20-21H,2-3,6H2,(H,22,23). The molecule has 2 unspecified atom stereocenters. The highest BCUT2D eigenvalue weighted by atomic mass is 35.5. The molecule has 0 fully saturated rings. The van der Waals surface area contributed by atoms with Crippen LogP contribution in [0.15, 0.2) is 47.4 Å². The summed E-state index contributed by atoms with van der Waals surface area (Å²) < 4.78 is 28.0. The smallest absolute Gasteiger partial charge is 0.337 e. The number of aliphatic hydroxyl groups is 1. The third-order valence-electron chi connectivity index (χ3n) is 4.49. The summed E-state index contributed by atoms with van der Waals surface area (Å²) in [6.07, 6.45) is 0.239. The normalized spacial score (nSPS) is 18.2. The van der Waals surface area contributed by atoms with Crippen molar-refractivity contribution in [2.75, 3.05) is 0 Å². The van der Waals surface area contributed by atoms with Crippen LogP contribution < -0.4 is 4.72 Å². The summed E-state index contributed by atoms with van der Waals surface area (Å²) in [7, 11) is -3.76. The van der Waals surface area contributed by atoms with Crippen LogP contribution in [0.2, 0.25) is 5.02 Å². The molecule has 26 heavy (non-hydrogen) atoms. The lowest BCUT2D eigenvalue weighted by Crippen LogP contribution is -2.31. The SMILES string of the molecule is O=C(O)C(O)c1cccc2c1CCCC2NS(=O)(=O)c1ccc(Cl)cc1. The summed E-state index contributed by atoms with van der Waals surface area (Å²) >= 11 is 5.81. The van der Waals surface area contributed by atoms with Gasteiger partial charge in [-0.2, -0.15) is 0 Å². The van der Waals surface area contributed by atoms with Crippen molar-refractivity contribution in [3.05, 3.63) is 64.2 Å². The molecule has 6 nitrogen and oxygen atoms in total. The Bertz CT molecular complexity index is 927. The minimum Gasteiger partial charge on any atom is -0.479 e. The largest absolute Gasteiger partial charge is 0.479 e. The lowest BCUT2D eigenvalue weighted by Gasteiger charge is -2.28. The van der Waals surface area contributed by atoms with E-state index in [2.05, 4.69) is 4.72 Å². The molecule has 0 spiro atoms. The maximum absolute atomic E-state index is 12.7. The van der Waals surface area contributed by atoms with Crippen LogP contribution in [-0.4, -0.2) is 24.6 Å². The van der Waals surface area contributed by atoms with E-state index in [0.717, 1.165) is 0 Å². The van der Waals surface area contributed by atoms with Gasteiger partial charge in [0.15, 0.2) is 6.10 Å². The lowest BCUT2D eigenvalue weighted by molar-refractivity contribution is -0.147. The maximum atomic E-state index is 12.7. The van der Waals surface area contributed by atoms with E-state index in [1.54, 1.807) is 18.2 Å². The first-order valence-electron chi connectivity index (χ1n) is 8.10. The van der Waals surface area contributed by atoms with Crippen LogP contribution >= 0.6 is 11.6 Å². The van der Waals surface area contributed by atoms with E-state index in [1.807, 2.05) is 0 Å². The highest BCUT2D eigenvalue weighted by molar-refractivity contribution is 7.89. The minimum absolute atomic E-state index is 0.107. The van der Waals surface area contributed by atoms with Crippen LogP contribution in [0.1, 0.15) is 41.7 Å². The summed E-state index contributed by atoms with van der Waals surface area (Å²) in [5.41, 5.74) is 1.70. The first-order valence-corrected chi connectivity index (χ1v) is 9.96. The van der Waals surface area contributed by atoms with Gasteiger partial charge in [0.05, 0.1) is 4.90 Å². The zero-order valence-corrected chi connectivity index (χ0v) is 15.3. The Kier molecular flexibility index (Phi) is 5.34. The summed E-state index contributed by atoms with van der Waals surface area (Å²) in [5, 5.41) is 19.5. The Morgan fingerprint density at radius 3 is 2.54 bits per heavy atom. The Balaban J connectivity index is 1.94. The van der Waals surface area contributed by atoms with Crippen LogP contribution in [0.25, 0.3) is 0 Å². The number of hydrogen-bond donors (Lipinski definition) is 3. The number of nitrogens with one attached hydrogen (secondary N) is 1. The van der Waals surface area contributed by atoms with E-state index in [1.165, 1.54) is 24.3 Å². The van der Waals surface area contributed by atoms with Crippen LogP contribution in [0.4, 0.5) is 0 Å². The summed E-state index contributed by atoms with van der Waals surface area (Å²) in [5.74, 6) is -1.33. The number of aliphatic hydroxyl groups excluding tert-OH is 1. The van der Waals surface area contributed by atoms with E-state index in [4.69, 9.17) is 16.7 Å². The molecule has 1 aliphatic carbocycles. The van der Waals surface area contributed by atoms with Crippen LogP contribution in [0.5, 0.6) is 0 Å². The number of sulfonamides is 1. The van der Waals surface area contributed by atoms with Gasteiger partial charge in [0.1, 0.15) is 0 Å². The van der Waals surface area contributed by atoms with Gasteiger partial charge in [0.25, 0.3) is 0 Å². The van der Waals surface area contributed by atoms with Crippen molar-refractivity contribution >= 4 is 27.6 Å². The number of hydrogen-bond acceptors (Lipinski definition) is 4. The molecule has 2 aromatic rings. The summed E-state index contributed by atoms with van der Waals surface area (Å²) in [6, 6.07) is 10.3. The van der Waals surface area contributed by atoms with E-state index in [-0.39, 0.29) is 4.90 Å². The molecular formula is C18H18ClNO5S. The molecule has 138 valence electrons. The van der Waals surface area contributed by atoms with Crippen LogP contribution in [-0.2, 0) is 21.2 Å². The molecule has 3 N–H and O–H groups in total. The van der Waals surface area contributed by atoms with Crippen molar-refractivity contribution in [1.29, 1.82) is 0 Å². The molecule has 0 amide bonds. The topological polar surface area (TPSA) is 104 Å². The van der Waals surface area contributed by atoms with Gasteiger partial charge in [-0.3, -0.25) is 0 Å². The Morgan fingerprint density at radius 2 is 1.88 bits per heavy atom. The first-order chi connectivity index (χ1) is 12.3. The number of rotatable bonds is 5. The third kappa shape index (κ3) is 3.76. The van der Waals surface area contributed by atoms with Gasteiger partial charge < -0.3 is 10.2 Å². The van der Waals surface area contributed by atoms with Gasteiger partial charge in [0, 0.05) is 11.1 Å². The zero-order chi connectivity index (χ0) is 18.9. The molecular weight excluding hydrogens is 378 g/mol. The van der Waals surface area contributed by atoms with Crippen molar-refractivity contribution in [2.24, 2.45) is 0 Å². The van der Waals surface area contributed by atoms with Crippen molar-refractivity contribution < 1.29 is 23.4 Å². The second-order valence-corrected chi connectivity index (χ2v) is 8.33. The quantitative estimate of drug-likeness (QED) is 0.722.